The number of hydrogen-bond donors (Lipinski definition) is 1. The summed E-state index contributed by atoms with van der Waals surface area (Å²) >= 11 is 0. The van der Waals surface area contributed by atoms with E-state index >= 15 is 0 Å². The lowest BCUT2D eigenvalue weighted by molar-refractivity contribution is -0.124. The molecule has 1 aliphatic carbocycles. The van der Waals surface area contributed by atoms with Crippen LogP contribution in [0.4, 0.5) is 0 Å². The van der Waals surface area contributed by atoms with Gasteiger partial charge in [0.25, 0.3) is 5.91 Å². The zero-order chi connectivity index (χ0) is 16.9. The predicted octanol–water partition coefficient (Wildman–Crippen LogP) is 1.89. The van der Waals surface area contributed by atoms with Crippen LogP contribution in [0.5, 0.6) is 0 Å². The number of nitrogens with zero attached hydrogens (tertiary/aromatic N) is 3. The molecule has 3 rings (SSSR count). The molecule has 0 bridgehead atoms. The van der Waals surface area contributed by atoms with E-state index in [4.69, 9.17) is 4.74 Å². The molecule has 1 saturated carbocycles. The lowest BCUT2D eigenvalue weighted by Crippen LogP contribution is -2.33. The van der Waals surface area contributed by atoms with Crippen LogP contribution < -0.4 is 5.32 Å². The normalized spacial score (nSPS) is 15.4. The fourth-order valence-corrected chi connectivity index (χ4v) is 3.04. The van der Waals surface area contributed by atoms with Crippen molar-refractivity contribution in [1.82, 2.24) is 19.9 Å². The van der Waals surface area contributed by atoms with Crippen LogP contribution in [0.1, 0.15) is 48.3 Å². The first-order valence-electron chi connectivity index (χ1n) is 8.38. The highest BCUT2D eigenvalue weighted by Crippen LogP contribution is 2.22. The van der Waals surface area contributed by atoms with E-state index in [1.807, 2.05) is 0 Å². The maximum atomic E-state index is 12.1. The molecule has 24 heavy (non-hydrogen) atoms. The molecule has 2 heterocycles. The summed E-state index contributed by atoms with van der Waals surface area (Å²) in [6, 6.07) is 3.31. The molecule has 0 unspecified atom stereocenters. The molecule has 2 aromatic rings. The van der Waals surface area contributed by atoms with E-state index in [0.29, 0.717) is 29.5 Å². The lowest BCUT2D eigenvalue weighted by atomic mass is 9.89. The van der Waals surface area contributed by atoms with Crippen molar-refractivity contribution in [2.24, 2.45) is 5.92 Å². The van der Waals surface area contributed by atoms with Gasteiger partial charge in [-0.15, -0.1) is 10.2 Å². The molecule has 7 heteroatoms. The Morgan fingerprint density at radius 2 is 2.04 bits per heavy atom. The number of amides is 1. The fraction of sp³-hybridized carbons (Fsp3) is 0.529. The first-order valence-corrected chi connectivity index (χ1v) is 8.38. The van der Waals surface area contributed by atoms with Crippen LogP contribution in [0.2, 0.25) is 0 Å². The minimum absolute atomic E-state index is 0.254. The number of ether oxygens (including phenoxy) is 1. The number of hydrogen-bond acceptors (Lipinski definition) is 5. The molecule has 0 aliphatic heterocycles. The summed E-state index contributed by atoms with van der Waals surface area (Å²) in [7, 11) is 0. The fourth-order valence-electron chi connectivity index (χ4n) is 3.04. The van der Waals surface area contributed by atoms with Gasteiger partial charge in [-0.05, 0) is 37.8 Å². The van der Waals surface area contributed by atoms with Crippen molar-refractivity contribution >= 4 is 17.5 Å². The maximum absolute atomic E-state index is 12.1. The van der Waals surface area contributed by atoms with Gasteiger partial charge in [-0.3, -0.25) is 9.20 Å². The van der Waals surface area contributed by atoms with Crippen molar-refractivity contribution < 1.29 is 14.3 Å². The number of fused-ring (bicyclic) bond motifs is 1. The third kappa shape index (κ3) is 3.90. The van der Waals surface area contributed by atoms with Gasteiger partial charge in [0.05, 0.1) is 5.56 Å². The van der Waals surface area contributed by atoms with E-state index in [1.165, 1.54) is 32.1 Å². The van der Waals surface area contributed by atoms with Gasteiger partial charge in [0.2, 0.25) is 0 Å². The summed E-state index contributed by atoms with van der Waals surface area (Å²) in [4.78, 5) is 23.9. The Balaban J connectivity index is 1.48. The van der Waals surface area contributed by atoms with Crippen LogP contribution in [-0.2, 0) is 9.53 Å². The number of carbonyl (C=O) groups is 2. The number of aromatic nitrogens is 3. The van der Waals surface area contributed by atoms with Gasteiger partial charge in [0.15, 0.2) is 12.3 Å². The number of pyridine rings is 1. The average Bonchev–Trinajstić information content (AvgIpc) is 2.99. The van der Waals surface area contributed by atoms with Crippen molar-refractivity contribution in [3.05, 3.63) is 29.7 Å². The summed E-state index contributed by atoms with van der Waals surface area (Å²) < 4.78 is 6.80. The van der Waals surface area contributed by atoms with Crippen molar-refractivity contribution in [2.75, 3.05) is 13.2 Å². The second-order valence-electron chi connectivity index (χ2n) is 6.28. The Hall–Kier alpha value is -2.44. The highest BCUT2D eigenvalue weighted by Gasteiger charge is 2.16. The number of aryl methyl sites for hydroxylation is 1. The van der Waals surface area contributed by atoms with Gasteiger partial charge in [-0.2, -0.15) is 0 Å². The molecule has 128 valence electrons. The highest BCUT2D eigenvalue weighted by molar-refractivity contribution is 5.91. The summed E-state index contributed by atoms with van der Waals surface area (Å²) in [6.45, 7) is 2.21. The highest BCUT2D eigenvalue weighted by atomic mass is 16.5. The van der Waals surface area contributed by atoms with Crippen LogP contribution in [0.15, 0.2) is 18.3 Å². The Labute approximate surface area is 140 Å². The molecule has 1 fully saturated rings. The summed E-state index contributed by atoms with van der Waals surface area (Å²) in [6.07, 6.45) is 7.71. The Morgan fingerprint density at radius 3 is 2.83 bits per heavy atom. The van der Waals surface area contributed by atoms with Crippen molar-refractivity contribution in [2.45, 2.75) is 39.0 Å². The van der Waals surface area contributed by atoms with Gasteiger partial charge < -0.3 is 10.1 Å². The second-order valence-corrected chi connectivity index (χ2v) is 6.28. The van der Waals surface area contributed by atoms with Gasteiger partial charge in [0, 0.05) is 12.7 Å². The Kier molecular flexibility index (Phi) is 5.08. The third-order valence-corrected chi connectivity index (χ3v) is 4.46. The predicted molar refractivity (Wildman–Crippen MR) is 87.6 cm³/mol. The van der Waals surface area contributed by atoms with E-state index in [2.05, 4.69) is 15.5 Å². The summed E-state index contributed by atoms with van der Waals surface area (Å²) in [5.41, 5.74) is 1.03. The molecule has 0 aromatic carbocycles. The van der Waals surface area contributed by atoms with E-state index in [1.54, 1.807) is 29.7 Å². The largest absolute Gasteiger partial charge is 0.452 e. The molecule has 1 aliphatic rings. The zero-order valence-electron chi connectivity index (χ0n) is 13.8. The smallest absolute Gasteiger partial charge is 0.340 e. The van der Waals surface area contributed by atoms with E-state index in [0.717, 1.165) is 0 Å². The van der Waals surface area contributed by atoms with Crippen molar-refractivity contribution in [3.63, 3.8) is 0 Å². The minimum atomic E-state index is -0.530. The second kappa shape index (κ2) is 7.42. The molecule has 0 radical (unpaired) electrons. The number of nitrogens with one attached hydrogen (secondary N) is 1. The molecule has 0 atom stereocenters. The number of carbonyl (C=O) groups excluding carboxylic acids is 2. The summed E-state index contributed by atoms with van der Waals surface area (Å²) in [5.74, 6) is 0.454. The number of esters is 1. The Morgan fingerprint density at radius 1 is 1.25 bits per heavy atom. The average molecular weight is 330 g/mol. The molecule has 0 saturated heterocycles. The molecule has 2 aromatic heterocycles. The SMILES string of the molecule is Cc1nnc2ccc(C(=O)OCC(=O)NCC3CCCCC3)cn12. The van der Waals surface area contributed by atoms with Crippen LogP contribution in [0.25, 0.3) is 5.65 Å². The topological polar surface area (TPSA) is 85.6 Å². The van der Waals surface area contributed by atoms with Gasteiger partial charge in [-0.1, -0.05) is 19.3 Å². The quantitative estimate of drug-likeness (QED) is 0.846. The Bertz CT molecular complexity index is 735. The maximum Gasteiger partial charge on any atom is 0.340 e. The first kappa shape index (κ1) is 16.4. The van der Waals surface area contributed by atoms with Crippen LogP contribution in [0, 0.1) is 12.8 Å². The van der Waals surface area contributed by atoms with E-state index in [9.17, 15) is 9.59 Å². The third-order valence-electron chi connectivity index (χ3n) is 4.46. The first-order chi connectivity index (χ1) is 11.6. The van der Waals surface area contributed by atoms with Crippen LogP contribution >= 0.6 is 0 Å². The lowest BCUT2D eigenvalue weighted by Gasteiger charge is -2.21. The van der Waals surface area contributed by atoms with E-state index < -0.39 is 5.97 Å². The molecular formula is C17H22N4O3. The van der Waals surface area contributed by atoms with Crippen molar-refractivity contribution in [3.8, 4) is 0 Å². The van der Waals surface area contributed by atoms with Gasteiger partial charge in [-0.25, -0.2) is 4.79 Å². The standard InChI is InChI=1S/C17H22N4O3/c1-12-19-20-15-8-7-14(10-21(12)15)17(23)24-11-16(22)18-9-13-5-3-2-4-6-13/h7-8,10,13H,2-6,9,11H2,1H3,(H,18,22). The zero-order valence-corrected chi connectivity index (χ0v) is 13.8. The molecule has 1 amide bonds. The monoisotopic (exact) mass is 330 g/mol. The van der Waals surface area contributed by atoms with Crippen molar-refractivity contribution in [1.29, 1.82) is 0 Å². The van der Waals surface area contributed by atoms with Crippen LogP contribution in [0.3, 0.4) is 0 Å². The molecule has 7 nitrogen and oxygen atoms in total. The molecule has 0 spiro atoms. The summed E-state index contributed by atoms with van der Waals surface area (Å²) in [5, 5.41) is 10.7. The van der Waals surface area contributed by atoms with Gasteiger partial charge >= 0.3 is 5.97 Å². The number of rotatable bonds is 5. The van der Waals surface area contributed by atoms with Crippen LogP contribution in [-0.4, -0.2) is 39.6 Å². The minimum Gasteiger partial charge on any atom is -0.452 e. The molecular weight excluding hydrogens is 308 g/mol. The van der Waals surface area contributed by atoms with Gasteiger partial charge in [0.1, 0.15) is 5.82 Å². The molecule has 1 N–H and O–H groups in total. The van der Waals surface area contributed by atoms with E-state index in [-0.39, 0.29) is 12.5 Å².